The quantitative estimate of drug-likeness (QED) is 0.694. The van der Waals surface area contributed by atoms with Crippen LogP contribution in [-0.2, 0) is 23.5 Å². The summed E-state index contributed by atoms with van der Waals surface area (Å²) in [6.45, 7) is 11.3. The molecule has 0 spiro atoms. The van der Waals surface area contributed by atoms with Crippen LogP contribution < -0.4 is 3.32 Å². The van der Waals surface area contributed by atoms with Crippen LogP contribution in [0.1, 0.15) is 31.9 Å². The van der Waals surface area contributed by atoms with E-state index in [-0.39, 0.29) is 30.2 Å². The summed E-state index contributed by atoms with van der Waals surface area (Å²) >= 11 is -2.73. The third kappa shape index (κ3) is 7.14. The van der Waals surface area contributed by atoms with E-state index in [4.69, 9.17) is 3.32 Å². The van der Waals surface area contributed by atoms with Crippen LogP contribution in [0.4, 0.5) is 3.09 Å². The van der Waals surface area contributed by atoms with Crippen molar-refractivity contribution in [1.29, 1.82) is 0 Å². The first-order valence-electron chi connectivity index (χ1n) is 6.02. The normalized spacial score (nSPS) is 10.5. The van der Waals surface area contributed by atoms with Gasteiger partial charge in [0.15, 0.2) is 0 Å². The maximum atomic E-state index is 13.8. The van der Waals surface area contributed by atoms with Gasteiger partial charge in [-0.3, -0.25) is 0 Å². The van der Waals surface area contributed by atoms with Crippen LogP contribution in [0.3, 0.4) is 0 Å². The Kier molecular flexibility index (Phi) is 9.94. The summed E-state index contributed by atoms with van der Waals surface area (Å²) in [5.41, 5.74) is 2.43. The fourth-order valence-electron chi connectivity index (χ4n) is 1.47. The monoisotopic (exact) mass is 361 g/mol. The number of halogens is 3. The molecule has 0 saturated heterocycles. The van der Waals surface area contributed by atoms with Crippen molar-refractivity contribution in [2.75, 3.05) is 0 Å². The molecule has 0 heterocycles. The Morgan fingerprint density at radius 2 is 1.63 bits per heavy atom. The van der Waals surface area contributed by atoms with Crippen LogP contribution in [0.25, 0.3) is 0 Å². The Morgan fingerprint density at radius 3 is 2.05 bits per heavy atom. The number of benzene rings is 1. The van der Waals surface area contributed by atoms with E-state index in [2.05, 4.69) is 26.8 Å². The minimum absolute atomic E-state index is 0. The van der Waals surface area contributed by atoms with Crippen LogP contribution in [-0.4, -0.2) is 6.66 Å². The molecule has 0 bridgehead atoms. The van der Waals surface area contributed by atoms with E-state index < -0.39 is 24.7 Å². The topological polar surface area (TPSA) is 9.23 Å². The molecule has 1 nitrogen and oxygen atoms in total. The van der Waals surface area contributed by atoms with Gasteiger partial charge >= 0.3 is 112 Å². The SMILES string of the molecule is Cc1cc([O][Ti]([F])[SiH](C)C)cc(C(C)(C)C)c1.Cl.Cl. The molecule has 0 saturated carbocycles. The Morgan fingerprint density at radius 1 is 1.11 bits per heavy atom. The van der Waals surface area contributed by atoms with Gasteiger partial charge in [-0.1, -0.05) is 0 Å². The molecule has 0 atom stereocenters. The van der Waals surface area contributed by atoms with Crippen LogP contribution >= 0.6 is 24.8 Å². The summed E-state index contributed by atoms with van der Waals surface area (Å²) in [5, 5.41) is 0. The zero-order valence-electron chi connectivity index (χ0n) is 12.4. The van der Waals surface area contributed by atoms with Crippen molar-refractivity contribution in [3.63, 3.8) is 0 Å². The predicted octanol–water partition coefficient (Wildman–Crippen LogP) is 4.92. The van der Waals surface area contributed by atoms with E-state index in [0.29, 0.717) is 0 Å². The molecule has 111 valence electrons. The van der Waals surface area contributed by atoms with Gasteiger partial charge < -0.3 is 0 Å². The molecule has 0 unspecified atom stereocenters. The zero-order chi connectivity index (χ0) is 13.2. The Labute approximate surface area is 136 Å². The average molecular weight is 362 g/mol. The van der Waals surface area contributed by atoms with Crippen LogP contribution in [0.15, 0.2) is 18.2 Å². The van der Waals surface area contributed by atoms with Crippen molar-refractivity contribution in [1.82, 2.24) is 0 Å². The molecular weight excluding hydrogens is 338 g/mol. The second-order valence-corrected chi connectivity index (χ2v) is 16.7. The smallest absolute Gasteiger partial charge is 0.147 e. The molecule has 0 amide bonds. The van der Waals surface area contributed by atoms with Gasteiger partial charge in [-0.25, -0.2) is 0 Å². The van der Waals surface area contributed by atoms with Gasteiger partial charge in [-0.2, -0.15) is 0 Å². The first-order chi connectivity index (χ1) is 7.70. The largest absolute Gasteiger partial charge is 0.147 e. The van der Waals surface area contributed by atoms with Crippen molar-refractivity contribution in [3.05, 3.63) is 29.3 Å². The second-order valence-electron chi connectivity index (χ2n) is 5.85. The van der Waals surface area contributed by atoms with Gasteiger partial charge in [0, 0.05) is 0 Å². The Balaban J connectivity index is 0. The molecule has 1 rings (SSSR count). The summed E-state index contributed by atoms with van der Waals surface area (Å²) in [6.07, 6.45) is 0. The first kappa shape index (κ1) is 21.8. The summed E-state index contributed by atoms with van der Waals surface area (Å²) in [4.78, 5) is 0. The number of hydrogen-bond acceptors (Lipinski definition) is 1. The predicted molar refractivity (Wildman–Crippen MR) is 85.0 cm³/mol. The minimum atomic E-state index is -2.73. The number of aryl methyl sites for hydroxylation is 1. The zero-order valence-corrected chi connectivity index (χ0v) is 16.8. The van der Waals surface area contributed by atoms with E-state index in [1.54, 1.807) is 0 Å². The van der Waals surface area contributed by atoms with E-state index in [0.717, 1.165) is 11.3 Å². The fraction of sp³-hybridized carbons (Fsp3) is 0.538. The van der Waals surface area contributed by atoms with Crippen molar-refractivity contribution in [2.24, 2.45) is 0 Å². The molecule has 1 aromatic rings. The maximum Gasteiger partial charge on any atom is -0.147 e. The van der Waals surface area contributed by atoms with E-state index in [1.165, 1.54) is 5.56 Å². The van der Waals surface area contributed by atoms with Gasteiger partial charge in [0.2, 0.25) is 0 Å². The molecule has 0 N–H and O–H groups in total. The summed E-state index contributed by atoms with van der Waals surface area (Å²) < 4.78 is 19.3. The summed E-state index contributed by atoms with van der Waals surface area (Å²) in [6, 6.07) is 6.09. The molecule has 0 aliphatic rings. The maximum absolute atomic E-state index is 13.8. The third-order valence-corrected chi connectivity index (χ3v) is 8.91. The molecule has 0 aliphatic carbocycles. The van der Waals surface area contributed by atoms with Gasteiger partial charge in [0.25, 0.3) is 0 Å². The van der Waals surface area contributed by atoms with Gasteiger partial charge in [-0.05, 0) is 0 Å². The second kappa shape index (κ2) is 8.68. The summed E-state index contributed by atoms with van der Waals surface area (Å²) in [5.74, 6) is 0.730. The van der Waals surface area contributed by atoms with E-state index in [9.17, 15) is 3.09 Å². The van der Waals surface area contributed by atoms with E-state index >= 15 is 0 Å². The van der Waals surface area contributed by atoms with Crippen molar-refractivity contribution in [2.45, 2.75) is 46.2 Å². The molecule has 0 aromatic heterocycles. The fourth-order valence-corrected chi connectivity index (χ4v) is 3.91. The average Bonchev–Trinajstić information content (AvgIpc) is 2.15. The molecule has 19 heavy (non-hydrogen) atoms. The molecule has 1 aromatic carbocycles. The Hall–Kier alpha value is 0.461. The van der Waals surface area contributed by atoms with Crippen LogP contribution in [0.2, 0.25) is 13.1 Å². The number of rotatable bonds is 3. The standard InChI is InChI=1S/C11H16O.C2H7Si.2ClH.FH.Ti/c1-8-5-9(11(2,3)4)7-10(12)6-8;1-3-2;;;;/h5-7,12H,1-4H3;3H,1-2H3;3*1H;/q;;;;;+2/p-2. The molecule has 0 fully saturated rings. The third-order valence-electron chi connectivity index (χ3n) is 2.59. The molecule has 0 radical (unpaired) electrons. The van der Waals surface area contributed by atoms with Crippen molar-refractivity contribution >= 4 is 31.5 Å². The van der Waals surface area contributed by atoms with Crippen LogP contribution in [0.5, 0.6) is 5.75 Å². The summed E-state index contributed by atoms with van der Waals surface area (Å²) in [7, 11) is 0. The van der Waals surface area contributed by atoms with Gasteiger partial charge in [0.1, 0.15) is 0 Å². The first-order valence-corrected chi connectivity index (χ1v) is 12.8. The minimum Gasteiger partial charge on any atom is -0.147 e. The molecular formula is C13H24Cl2FOSiTi. The van der Waals surface area contributed by atoms with Crippen molar-refractivity contribution in [3.8, 4) is 5.75 Å². The van der Waals surface area contributed by atoms with E-state index in [1.807, 2.05) is 32.2 Å². The van der Waals surface area contributed by atoms with Gasteiger partial charge in [-0.15, -0.1) is 24.8 Å². The Bertz CT molecular complexity index is 397. The number of hydrogen-bond donors (Lipinski definition) is 0. The molecule has 6 heteroatoms. The van der Waals surface area contributed by atoms with Crippen LogP contribution in [0, 0.1) is 6.92 Å². The molecule has 0 aliphatic heterocycles. The van der Waals surface area contributed by atoms with Gasteiger partial charge in [0.05, 0.1) is 0 Å². The van der Waals surface area contributed by atoms with Crippen molar-refractivity contribution < 1.29 is 24.5 Å².